The Morgan fingerprint density at radius 3 is 2.88 bits per heavy atom. The molecule has 0 spiro atoms. The minimum atomic E-state index is -0.136. The van der Waals surface area contributed by atoms with Crippen molar-refractivity contribution in [1.82, 2.24) is 14.8 Å². The third-order valence-electron chi connectivity index (χ3n) is 4.23. The Morgan fingerprint density at radius 2 is 2.08 bits per heavy atom. The van der Waals surface area contributed by atoms with Gasteiger partial charge in [0.1, 0.15) is 17.5 Å². The number of fused-ring (bicyclic) bond motifs is 1. The van der Waals surface area contributed by atoms with E-state index in [-0.39, 0.29) is 12.0 Å². The number of carbonyl (C=O) groups is 1. The summed E-state index contributed by atoms with van der Waals surface area (Å²) in [7, 11) is 0. The summed E-state index contributed by atoms with van der Waals surface area (Å²) in [5, 5.41) is 4.17. The summed E-state index contributed by atoms with van der Waals surface area (Å²) >= 11 is 0. The summed E-state index contributed by atoms with van der Waals surface area (Å²) in [4.78, 5) is 19.4. The maximum Gasteiger partial charge on any atom is 0.277 e. The van der Waals surface area contributed by atoms with Crippen molar-refractivity contribution in [2.24, 2.45) is 0 Å². The van der Waals surface area contributed by atoms with Crippen LogP contribution < -0.4 is 9.64 Å². The highest BCUT2D eigenvalue weighted by atomic mass is 16.5. The number of aromatic nitrogens is 3. The van der Waals surface area contributed by atoms with Gasteiger partial charge in [-0.3, -0.25) is 9.69 Å². The summed E-state index contributed by atoms with van der Waals surface area (Å²) in [5.74, 6) is 1.21. The molecule has 126 valence electrons. The molecule has 0 fully saturated rings. The summed E-state index contributed by atoms with van der Waals surface area (Å²) in [5.41, 5.74) is 1.17. The second-order valence-electron chi connectivity index (χ2n) is 5.86. The lowest BCUT2D eigenvalue weighted by molar-refractivity contribution is 0.0949. The Morgan fingerprint density at radius 1 is 1.20 bits per heavy atom. The van der Waals surface area contributed by atoms with Crippen LogP contribution >= 0.6 is 0 Å². The number of hydrogen-bond acceptors (Lipinski definition) is 4. The van der Waals surface area contributed by atoms with E-state index in [1.165, 1.54) is 0 Å². The number of pyridine rings is 1. The maximum absolute atomic E-state index is 13.1. The van der Waals surface area contributed by atoms with Gasteiger partial charge in [0.25, 0.3) is 5.91 Å². The highest BCUT2D eigenvalue weighted by molar-refractivity contribution is 6.06. The van der Waals surface area contributed by atoms with Crippen LogP contribution in [0.3, 0.4) is 0 Å². The van der Waals surface area contributed by atoms with E-state index < -0.39 is 0 Å². The molecule has 1 amide bonds. The topological polar surface area (TPSA) is 60.2 Å². The summed E-state index contributed by atoms with van der Waals surface area (Å²) in [6.45, 7) is 2.57. The molecule has 0 bridgehead atoms. The Balaban J connectivity index is 1.70. The Bertz CT molecular complexity index is 892. The van der Waals surface area contributed by atoms with Crippen LogP contribution in [0, 0.1) is 0 Å². The number of benzene rings is 1. The zero-order valence-electron chi connectivity index (χ0n) is 13.9. The van der Waals surface area contributed by atoms with Crippen LogP contribution in [0.15, 0.2) is 60.9 Å². The van der Waals surface area contributed by atoms with Gasteiger partial charge in [0.2, 0.25) is 0 Å². The average molecular weight is 334 g/mol. The van der Waals surface area contributed by atoms with Gasteiger partial charge in [-0.05, 0) is 36.8 Å². The highest BCUT2D eigenvalue weighted by Crippen LogP contribution is 2.34. The molecule has 0 radical (unpaired) electrons. The molecular weight excluding hydrogens is 316 g/mol. The van der Waals surface area contributed by atoms with Crippen molar-refractivity contribution in [2.45, 2.75) is 19.4 Å². The minimum Gasteiger partial charge on any atom is -0.486 e. The van der Waals surface area contributed by atoms with E-state index in [0.717, 1.165) is 17.9 Å². The molecule has 0 saturated heterocycles. The van der Waals surface area contributed by atoms with Gasteiger partial charge in [0.15, 0.2) is 5.82 Å². The van der Waals surface area contributed by atoms with E-state index in [2.05, 4.69) is 17.0 Å². The molecule has 3 heterocycles. The molecule has 1 atom stereocenters. The zero-order chi connectivity index (χ0) is 17.2. The molecule has 0 N–H and O–H groups in total. The normalized spacial score (nSPS) is 16.2. The Hall–Kier alpha value is -3.15. The van der Waals surface area contributed by atoms with Crippen LogP contribution in [0.25, 0.3) is 5.82 Å². The van der Waals surface area contributed by atoms with Crippen molar-refractivity contribution in [3.8, 4) is 11.6 Å². The van der Waals surface area contributed by atoms with Crippen molar-refractivity contribution in [3.05, 3.63) is 66.6 Å². The molecule has 1 aliphatic heterocycles. The average Bonchev–Trinajstić information content (AvgIpc) is 3.21. The fraction of sp³-hybridized carbons (Fsp3) is 0.211. The van der Waals surface area contributed by atoms with Gasteiger partial charge in [-0.2, -0.15) is 5.10 Å². The lowest BCUT2D eigenvalue weighted by atomic mass is 10.1. The molecule has 1 aliphatic rings. The number of hydrogen-bond donors (Lipinski definition) is 0. The van der Waals surface area contributed by atoms with Crippen molar-refractivity contribution < 1.29 is 9.53 Å². The smallest absolute Gasteiger partial charge is 0.277 e. The lowest BCUT2D eigenvalue weighted by Gasteiger charge is -2.34. The van der Waals surface area contributed by atoms with E-state index in [1.54, 1.807) is 28.0 Å². The molecule has 6 nitrogen and oxygen atoms in total. The second-order valence-corrected chi connectivity index (χ2v) is 5.86. The number of rotatable bonds is 3. The summed E-state index contributed by atoms with van der Waals surface area (Å²) in [6.07, 6.45) is 4.29. The molecule has 2 aromatic heterocycles. The molecule has 0 aliphatic carbocycles. The second kappa shape index (κ2) is 6.39. The summed E-state index contributed by atoms with van der Waals surface area (Å²) in [6, 6.07) is 14.8. The lowest BCUT2D eigenvalue weighted by Crippen LogP contribution is -2.43. The standard InChI is InChI=1S/C19H18N4O2/c1-2-14-13-22(16-8-3-4-9-17(16)25-14)19(24)15-7-5-10-18(21-15)23-12-6-11-20-23/h3-12,14H,2,13H2,1H3/t14-/m0/s1. The molecular formula is C19H18N4O2. The monoisotopic (exact) mass is 334 g/mol. The number of ether oxygens (including phenoxy) is 1. The molecule has 4 rings (SSSR count). The third kappa shape index (κ3) is 2.87. The molecule has 0 unspecified atom stereocenters. The van der Waals surface area contributed by atoms with Crippen LogP contribution in [-0.4, -0.2) is 33.3 Å². The van der Waals surface area contributed by atoms with Crippen molar-refractivity contribution in [2.75, 3.05) is 11.4 Å². The molecule has 25 heavy (non-hydrogen) atoms. The van der Waals surface area contributed by atoms with Crippen molar-refractivity contribution >= 4 is 11.6 Å². The van der Waals surface area contributed by atoms with Gasteiger partial charge in [0, 0.05) is 12.4 Å². The largest absolute Gasteiger partial charge is 0.486 e. The summed E-state index contributed by atoms with van der Waals surface area (Å²) < 4.78 is 7.59. The van der Waals surface area contributed by atoms with Crippen LogP contribution in [0.2, 0.25) is 0 Å². The predicted molar refractivity (Wildman–Crippen MR) is 94.2 cm³/mol. The first-order valence-corrected chi connectivity index (χ1v) is 8.31. The van der Waals surface area contributed by atoms with E-state index in [4.69, 9.17) is 4.74 Å². The number of anilines is 1. The van der Waals surface area contributed by atoms with Gasteiger partial charge in [-0.1, -0.05) is 25.1 Å². The van der Waals surface area contributed by atoms with E-state index in [9.17, 15) is 4.79 Å². The number of para-hydroxylation sites is 2. The zero-order valence-corrected chi connectivity index (χ0v) is 13.9. The molecule has 3 aromatic rings. The SMILES string of the molecule is CC[C@H]1CN(C(=O)c2cccc(-n3cccn3)n2)c2ccccc2O1. The first-order valence-electron chi connectivity index (χ1n) is 8.31. The quantitative estimate of drug-likeness (QED) is 0.738. The van der Waals surface area contributed by atoms with Crippen LogP contribution in [0.1, 0.15) is 23.8 Å². The van der Waals surface area contributed by atoms with Crippen molar-refractivity contribution in [1.29, 1.82) is 0 Å². The third-order valence-corrected chi connectivity index (χ3v) is 4.23. The fourth-order valence-corrected chi connectivity index (χ4v) is 2.92. The van der Waals surface area contributed by atoms with E-state index >= 15 is 0 Å². The minimum absolute atomic E-state index is 0.0202. The van der Waals surface area contributed by atoms with Crippen molar-refractivity contribution in [3.63, 3.8) is 0 Å². The van der Waals surface area contributed by atoms with E-state index in [0.29, 0.717) is 18.1 Å². The highest BCUT2D eigenvalue weighted by Gasteiger charge is 2.30. The number of carbonyl (C=O) groups excluding carboxylic acids is 1. The van der Waals surface area contributed by atoms with Gasteiger partial charge in [-0.25, -0.2) is 9.67 Å². The Labute approximate surface area is 145 Å². The molecule has 0 saturated carbocycles. The predicted octanol–water partition coefficient (Wildman–Crippen LogP) is 3.09. The van der Waals surface area contributed by atoms with Crippen LogP contribution in [0.5, 0.6) is 5.75 Å². The fourth-order valence-electron chi connectivity index (χ4n) is 2.92. The first-order chi connectivity index (χ1) is 12.3. The molecule has 1 aromatic carbocycles. The number of nitrogens with zero attached hydrogens (tertiary/aromatic N) is 4. The maximum atomic E-state index is 13.1. The van der Waals surface area contributed by atoms with Gasteiger partial charge >= 0.3 is 0 Å². The van der Waals surface area contributed by atoms with Gasteiger partial charge in [-0.15, -0.1) is 0 Å². The first kappa shape index (κ1) is 15.4. The van der Waals surface area contributed by atoms with Crippen LogP contribution in [0.4, 0.5) is 5.69 Å². The van der Waals surface area contributed by atoms with Gasteiger partial charge in [0.05, 0.1) is 12.2 Å². The van der Waals surface area contributed by atoms with Crippen LogP contribution in [-0.2, 0) is 0 Å². The Kier molecular flexibility index (Phi) is 3.93. The number of amides is 1. The van der Waals surface area contributed by atoms with Gasteiger partial charge < -0.3 is 4.74 Å². The van der Waals surface area contributed by atoms with E-state index in [1.807, 2.05) is 42.5 Å². The molecule has 6 heteroatoms.